The second-order valence-corrected chi connectivity index (χ2v) is 4.72. The van der Waals surface area contributed by atoms with Crippen LogP contribution in [0.5, 0.6) is 11.5 Å². The van der Waals surface area contributed by atoms with E-state index in [1.54, 1.807) is 18.2 Å². The Labute approximate surface area is 118 Å². The highest BCUT2D eigenvalue weighted by atomic mass is 35.5. The third-order valence-corrected chi connectivity index (χ3v) is 3.10. The van der Waals surface area contributed by atoms with Gasteiger partial charge >= 0.3 is 0 Å². The molecule has 0 saturated carbocycles. The van der Waals surface area contributed by atoms with Crippen LogP contribution in [0.1, 0.15) is 29.3 Å². The number of hydrogen-bond donors (Lipinski definition) is 0. The van der Waals surface area contributed by atoms with Crippen LogP contribution < -0.4 is 4.74 Å². The molecule has 0 radical (unpaired) electrons. The molecule has 0 aliphatic carbocycles. The first kappa shape index (κ1) is 13.6. The van der Waals surface area contributed by atoms with E-state index in [1.807, 2.05) is 38.1 Å². The van der Waals surface area contributed by atoms with Crippen LogP contribution in [0.2, 0.25) is 5.02 Å². The number of ketones is 1. The van der Waals surface area contributed by atoms with E-state index in [2.05, 4.69) is 0 Å². The maximum absolute atomic E-state index is 11.9. The Kier molecular flexibility index (Phi) is 4.23. The fourth-order valence-corrected chi connectivity index (χ4v) is 2.05. The Morgan fingerprint density at radius 1 is 1.16 bits per heavy atom. The predicted octanol–water partition coefficient (Wildman–Crippen LogP) is 5.03. The molecule has 0 aromatic heterocycles. The topological polar surface area (TPSA) is 26.3 Å². The van der Waals surface area contributed by atoms with Crippen LogP contribution >= 0.6 is 11.6 Å². The van der Waals surface area contributed by atoms with E-state index in [1.165, 1.54) is 0 Å². The molecule has 2 aromatic rings. The van der Waals surface area contributed by atoms with E-state index < -0.39 is 0 Å². The lowest BCUT2D eigenvalue weighted by molar-refractivity contribution is 0.0986. The Morgan fingerprint density at radius 2 is 1.89 bits per heavy atom. The average Bonchev–Trinajstić information content (AvgIpc) is 2.41. The van der Waals surface area contributed by atoms with Gasteiger partial charge in [0.25, 0.3) is 0 Å². The number of halogens is 1. The molecule has 2 rings (SSSR count). The van der Waals surface area contributed by atoms with Crippen LogP contribution in [0.15, 0.2) is 42.5 Å². The number of hydrogen-bond acceptors (Lipinski definition) is 2. The second-order valence-electron chi connectivity index (χ2n) is 4.28. The maximum Gasteiger partial charge on any atom is 0.166 e. The van der Waals surface area contributed by atoms with Crippen LogP contribution in [-0.2, 0) is 0 Å². The van der Waals surface area contributed by atoms with Gasteiger partial charge in [0.2, 0.25) is 0 Å². The molecule has 2 nitrogen and oxygen atoms in total. The minimum absolute atomic E-state index is 0.0715. The van der Waals surface area contributed by atoms with E-state index in [0.29, 0.717) is 28.5 Å². The summed E-state index contributed by atoms with van der Waals surface area (Å²) in [7, 11) is 0. The van der Waals surface area contributed by atoms with Gasteiger partial charge in [0.15, 0.2) is 5.78 Å². The molecule has 0 N–H and O–H groups in total. The van der Waals surface area contributed by atoms with Gasteiger partial charge in [-0.05, 0) is 42.8 Å². The van der Waals surface area contributed by atoms with E-state index in [0.717, 1.165) is 5.56 Å². The zero-order valence-corrected chi connectivity index (χ0v) is 11.7. The van der Waals surface area contributed by atoms with Gasteiger partial charge < -0.3 is 4.74 Å². The first-order chi connectivity index (χ1) is 9.11. The van der Waals surface area contributed by atoms with Gasteiger partial charge in [0, 0.05) is 11.4 Å². The summed E-state index contributed by atoms with van der Waals surface area (Å²) < 4.78 is 5.84. The lowest BCUT2D eigenvalue weighted by Gasteiger charge is -2.12. The molecule has 98 valence electrons. The van der Waals surface area contributed by atoms with Crippen LogP contribution in [0.25, 0.3) is 0 Å². The minimum Gasteiger partial charge on any atom is -0.456 e. The number of benzene rings is 2. The molecule has 0 saturated heterocycles. The highest BCUT2D eigenvalue weighted by molar-refractivity contribution is 6.30. The molecule has 3 heteroatoms. The standard InChI is InChI=1S/C16H15ClO2/c1-3-14(18)13-6-4-5-7-16(13)19-15-9-8-12(17)10-11(15)2/h4-10H,3H2,1-2H3. The zero-order chi connectivity index (χ0) is 13.8. The molecule has 0 aliphatic rings. The lowest BCUT2D eigenvalue weighted by atomic mass is 10.1. The molecule has 19 heavy (non-hydrogen) atoms. The Morgan fingerprint density at radius 3 is 2.58 bits per heavy atom. The molecule has 0 atom stereocenters. The van der Waals surface area contributed by atoms with Crippen molar-refractivity contribution in [1.82, 2.24) is 0 Å². The molecule has 2 aromatic carbocycles. The summed E-state index contributed by atoms with van der Waals surface area (Å²) in [5, 5.41) is 0.669. The summed E-state index contributed by atoms with van der Waals surface area (Å²) in [5.41, 5.74) is 1.55. The summed E-state index contributed by atoms with van der Waals surface area (Å²) in [6.07, 6.45) is 0.458. The highest BCUT2D eigenvalue weighted by Gasteiger charge is 2.11. The van der Waals surface area contributed by atoms with Crippen molar-refractivity contribution in [2.75, 3.05) is 0 Å². The van der Waals surface area contributed by atoms with Crippen molar-refractivity contribution in [3.8, 4) is 11.5 Å². The highest BCUT2D eigenvalue weighted by Crippen LogP contribution is 2.30. The van der Waals surface area contributed by atoms with Gasteiger partial charge in [-0.25, -0.2) is 0 Å². The SMILES string of the molecule is CCC(=O)c1ccccc1Oc1ccc(Cl)cc1C. The molecule has 0 spiro atoms. The van der Waals surface area contributed by atoms with Gasteiger partial charge in [-0.1, -0.05) is 30.7 Å². The first-order valence-electron chi connectivity index (χ1n) is 6.18. The number of ether oxygens (including phenoxy) is 1. The van der Waals surface area contributed by atoms with Gasteiger partial charge in [-0.3, -0.25) is 4.79 Å². The lowest BCUT2D eigenvalue weighted by Crippen LogP contribution is -2.00. The second kappa shape index (κ2) is 5.89. The van der Waals surface area contributed by atoms with E-state index in [9.17, 15) is 4.79 Å². The summed E-state index contributed by atoms with van der Waals surface area (Å²) in [4.78, 5) is 11.9. The molecular formula is C16H15ClO2. The fourth-order valence-electron chi connectivity index (χ4n) is 1.82. The summed E-state index contributed by atoms with van der Waals surface area (Å²) >= 11 is 5.91. The van der Waals surface area contributed by atoms with Crippen LogP contribution in [0.4, 0.5) is 0 Å². The third kappa shape index (κ3) is 3.15. The van der Waals surface area contributed by atoms with E-state index in [-0.39, 0.29) is 5.78 Å². The summed E-state index contributed by atoms with van der Waals surface area (Å²) in [6, 6.07) is 12.7. The van der Waals surface area contributed by atoms with Crippen molar-refractivity contribution in [2.45, 2.75) is 20.3 Å². The predicted molar refractivity (Wildman–Crippen MR) is 77.3 cm³/mol. The van der Waals surface area contributed by atoms with Gasteiger partial charge in [0.05, 0.1) is 5.56 Å². The molecule has 0 unspecified atom stereocenters. The normalized spacial score (nSPS) is 10.3. The Bertz CT molecular complexity index is 605. The number of rotatable bonds is 4. The number of carbonyl (C=O) groups excluding carboxylic acids is 1. The van der Waals surface area contributed by atoms with Crippen molar-refractivity contribution >= 4 is 17.4 Å². The molecule has 0 fully saturated rings. The molecular weight excluding hydrogens is 260 g/mol. The Balaban J connectivity index is 2.35. The van der Waals surface area contributed by atoms with Crippen LogP contribution in [0.3, 0.4) is 0 Å². The van der Waals surface area contributed by atoms with Crippen LogP contribution in [0, 0.1) is 6.92 Å². The smallest absolute Gasteiger partial charge is 0.166 e. The molecule has 0 bridgehead atoms. The molecule has 0 heterocycles. The number of carbonyl (C=O) groups is 1. The van der Waals surface area contributed by atoms with E-state index in [4.69, 9.17) is 16.3 Å². The monoisotopic (exact) mass is 274 g/mol. The van der Waals surface area contributed by atoms with Gasteiger partial charge in [-0.15, -0.1) is 0 Å². The summed E-state index contributed by atoms with van der Waals surface area (Å²) in [6.45, 7) is 3.76. The molecule has 0 aliphatic heterocycles. The quantitative estimate of drug-likeness (QED) is 0.731. The Hall–Kier alpha value is -1.80. The largest absolute Gasteiger partial charge is 0.456 e. The van der Waals surface area contributed by atoms with Crippen molar-refractivity contribution in [3.63, 3.8) is 0 Å². The average molecular weight is 275 g/mol. The fraction of sp³-hybridized carbons (Fsp3) is 0.188. The van der Waals surface area contributed by atoms with Crippen LogP contribution in [-0.4, -0.2) is 5.78 Å². The van der Waals surface area contributed by atoms with Gasteiger partial charge in [-0.2, -0.15) is 0 Å². The van der Waals surface area contributed by atoms with E-state index >= 15 is 0 Å². The van der Waals surface area contributed by atoms with Crippen molar-refractivity contribution < 1.29 is 9.53 Å². The summed E-state index contributed by atoms with van der Waals surface area (Å²) in [5.74, 6) is 1.36. The number of para-hydroxylation sites is 1. The van der Waals surface area contributed by atoms with Crippen molar-refractivity contribution in [3.05, 3.63) is 58.6 Å². The first-order valence-corrected chi connectivity index (χ1v) is 6.56. The number of Topliss-reactive ketones (excluding diaryl/α,β-unsaturated/α-hetero) is 1. The molecule has 0 amide bonds. The minimum atomic E-state index is 0.0715. The zero-order valence-electron chi connectivity index (χ0n) is 10.9. The third-order valence-electron chi connectivity index (χ3n) is 2.87. The number of aryl methyl sites for hydroxylation is 1. The maximum atomic E-state index is 11.9. The van der Waals surface area contributed by atoms with Crippen molar-refractivity contribution in [2.24, 2.45) is 0 Å². The van der Waals surface area contributed by atoms with Gasteiger partial charge in [0.1, 0.15) is 11.5 Å². The van der Waals surface area contributed by atoms with Crippen molar-refractivity contribution in [1.29, 1.82) is 0 Å².